The fourth-order valence-corrected chi connectivity index (χ4v) is 8.93. The van der Waals surface area contributed by atoms with Gasteiger partial charge in [0.15, 0.2) is 11.4 Å². The Morgan fingerprint density at radius 2 is 1.76 bits per heavy atom. The normalized spacial score (nSPS) is 20.0. The Morgan fingerprint density at radius 3 is 2.53 bits per heavy atom. The molecule has 278 valence electrons. The maximum Gasteiger partial charge on any atom is 0.307 e. The summed E-state index contributed by atoms with van der Waals surface area (Å²) in [5.74, 6) is 0.629. The third-order valence-electron chi connectivity index (χ3n) is 11.8. The number of aliphatic hydroxyl groups is 1. The van der Waals surface area contributed by atoms with E-state index in [1.54, 1.807) is 0 Å². The van der Waals surface area contributed by atoms with Crippen LogP contribution >= 0.6 is 0 Å². The second kappa shape index (κ2) is 13.8. The van der Waals surface area contributed by atoms with Crippen molar-refractivity contribution >= 4 is 39.6 Å². The van der Waals surface area contributed by atoms with Gasteiger partial charge in [0, 0.05) is 49.7 Å². The van der Waals surface area contributed by atoms with Crippen LogP contribution in [-0.2, 0) is 17.8 Å². The first-order valence-corrected chi connectivity index (χ1v) is 19.0. The van der Waals surface area contributed by atoms with Gasteiger partial charge in [-0.05, 0) is 116 Å². The Balaban J connectivity index is 1.02. The number of nitriles is 1. The summed E-state index contributed by atoms with van der Waals surface area (Å²) in [5.41, 5.74) is 12.1. The molecular weight excluding hydrogens is 693 g/mol. The minimum absolute atomic E-state index is 0.0676. The number of aliphatic carboxylic acids is 1. The average molecular weight is 735 g/mol. The lowest BCUT2D eigenvalue weighted by atomic mass is 9.93. The number of benzene rings is 3. The highest BCUT2D eigenvalue weighted by molar-refractivity contribution is 5.90. The number of carboxylic acids is 1. The fourth-order valence-electron chi connectivity index (χ4n) is 8.93. The largest absolute Gasteiger partial charge is 0.481 e. The van der Waals surface area contributed by atoms with Crippen LogP contribution in [0, 0.1) is 38.0 Å². The molecule has 0 radical (unpaired) electrons. The zero-order valence-electron chi connectivity index (χ0n) is 31.1. The number of oxazole rings is 1. The number of carbonyl (C=O) groups is 1. The number of fused-ring (bicyclic) bond motifs is 3. The molecule has 2 fully saturated rings. The SMILES string of the molecule is Cc1nc(Nc2cccc(-c3cccc(-c4nc5cc6c(c(C#N)c5o4)CC[C@H]6N4CC[C@@H](C(=O)O)C4)c3C)c2C)c2ncc(CN3CC[C@@H](O)C3)cc2n1. The van der Waals surface area contributed by atoms with Crippen LogP contribution in [0.2, 0.25) is 0 Å². The summed E-state index contributed by atoms with van der Waals surface area (Å²) in [5, 5.41) is 33.5. The maximum absolute atomic E-state index is 11.7. The highest BCUT2D eigenvalue weighted by atomic mass is 16.4. The molecule has 12 nitrogen and oxygen atoms in total. The number of hydrogen-bond donors (Lipinski definition) is 3. The van der Waals surface area contributed by atoms with Crippen LogP contribution < -0.4 is 5.32 Å². The zero-order chi connectivity index (χ0) is 38.0. The summed E-state index contributed by atoms with van der Waals surface area (Å²) < 4.78 is 6.45. The number of rotatable bonds is 8. The molecule has 0 amide bonds. The van der Waals surface area contributed by atoms with E-state index >= 15 is 0 Å². The van der Waals surface area contributed by atoms with Crippen molar-refractivity contribution in [1.82, 2.24) is 29.7 Å². The Morgan fingerprint density at radius 1 is 0.964 bits per heavy atom. The highest BCUT2D eigenvalue weighted by Crippen LogP contribution is 2.44. The summed E-state index contributed by atoms with van der Waals surface area (Å²) in [6.45, 7) is 9.54. The molecule has 3 aromatic heterocycles. The molecule has 2 saturated heterocycles. The van der Waals surface area contributed by atoms with Gasteiger partial charge in [-0.25, -0.2) is 15.0 Å². The molecule has 12 heteroatoms. The molecule has 3 N–H and O–H groups in total. The number of aliphatic hydroxyl groups excluding tert-OH is 1. The standard InChI is InChI=1S/C43H42N8O4/c1-23-29(30-7-5-9-35(24(30)2)48-41-39-36(46-25(3)47-41)16-26(19-45-39)20-50-14-13-28(52)22-50)6-4-8-31(23)42-49-37-17-33-32(34(18-44)40(37)55-42)10-11-38(33)51-15-12-27(21-51)43(53)54/h4-9,16-17,19,27-28,38,52H,10-15,20-22H2,1-3H3,(H,53,54)(H,46,47,48)/t27-,28-,38-/m1/s1. The molecule has 1 aliphatic carbocycles. The Hall–Kier alpha value is -5.74. The van der Waals surface area contributed by atoms with Gasteiger partial charge in [0.05, 0.1) is 17.5 Å². The monoisotopic (exact) mass is 734 g/mol. The minimum Gasteiger partial charge on any atom is -0.481 e. The number of nitrogens with zero attached hydrogens (tertiary/aromatic N) is 7. The number of likely N-dealkylation sites (tertiary alicyclic amines) is 2. The first-order valence-electron chi connectivity index (χ1n) is 19.0. The highest BCUT2D eigenvalue weighted by Gasteiger charge is 2.37. The van der Waals surface area contributed by atoms with Gasteiger partial charge in [0.2, 0.25) is 5.89 Å². The molecular formula is C43H42N8O4. The van der Waals surface area contributed by atoms with Gasteiger partial charge in [-0.15, -0.1) is 0 Å². The second-order valence-corrected chi connectivity index (χ2v) is 15.3. The van der Waals surface area contributed by atoms with Crippen LogP contribution in [0.15, 0.2) is 59.1 Å². The molecule has 0 spiro atoms. The van der Waals surface area contributed by atoms with Crippen molar-refractivity contribution < 1.29 is 19.4 Å². The molecule has 3 aromatic carbocycles. The van der Waals surface area contributed by atoms with Gasteiger partial charge < -0.3 is 19.9 Å². The van der Waals surface area contributed by atoms with Crippen molar-refractivity contribution in [2.45, 2.75) is 65.1 Å². The number of hydrogen-bond acceptors (Lipinski definition) is 11. The summed E-state index contributed by atoms with van der Waals surface area (Å²) >= 11 is 0. The van der Waals surface area contributed by atoms with E-state index in [2.05, 4.69) is 59.3 Å². The van der Waals surface area contributed by atoms with Crippen molar-refractivity contribution in [3.63, 3.8) is 0 Å². The molecule has 6 aromatic rings. The van der Waals surface area contributed by atoms with Crippen molar-refractivity contribution in [3.8, 4) is 28.7 Å². The molecule has 0 bridgehead atoms. The van der Waals surface area contributed by atoms with E-state index in [-0.39, 0.29) is 18.1 Å². The van der Waals surface area contributed by atoms with E-state index in [0.29, 0.717) is 65.8 Å². The topological polar surface area (TPSA) is 165 Å². The lowest BCUT2D eigenvalue weighted by molar-refractivity contribution is -0.141. The Labute approximate surface area is 318 Å². The van der Waals surface area contributed by atoms with Crippen molar-refractivity contribution in [3.05, 3.63) is 93.9 Å². The number of pyridine rings is 1. The average Bonchev–Trinajstić information content (AvgIpc) is 3.98. The number of aryl methyl sites for hydroxylation is 1. The van der Waals surface area contributed by atoms with Crippen LogP contribution in [0.4, 0.5) is 11.5 Å². The fraction of sp³-hybridized carbons (Fsp3) is 0.349. The van der Waals surface area contributed by atoms with Gasteiger partial charge in [-0.3, -0.25) is 19.6 Å². The van der Waals surface area contributed by atoms with E-state index in [9.17, 15) is 20.3 Å². The Kier molecular flexibility index (Phi) is 8.80. The Bertz CT molecular complexity index is 2560. The van der Waals surface area contributed by atoms with Crippen molar-refractivity contribution in [2.24, 2.45) is 5.92 Å². The second-order valence-electron chi connectivity index (χ2n) is 15.3. The van der Waals surface area contributed by atoms with Gasteiger partial charge in [-0.1, -0.05) is 24.3 Å². The lowest BCUT2D eigenvalue weighted by Crippen LogP contribution is -2.26. The molecule has 0 saturated carbocycles. The molecule has 2 aliphatic heterocycles. The van der Waals surface area contributed by atoms with Crippen LogP contribution in [0.5, 0.6) is 0 Å². The summed E-state index contributed by atoms with van der Waals surface area (Å²) in [4.78, 5) is 35.4. The van der Waals surface area contributed by atoms with E-state index in [0.717, 1.165) is 88.1 Å². The summed E-state index contributed by atoms with van der Waals surface area (Å²) in [7, 11) is 0. The third kappa shape index (κ3) is 6.28. The first-order chi connectivity index (χ1) is 26.6. The molecule has 5 heterocycles. The smallest absolute Gasteiger partial charge is 0.307 e. The van der Waals surface area contributed by atoms with Crippen LogP contribution in [-0.4, -0.2) is 78.2 Å². The van der Waals surface area contributed by atoms with Gasteiger partial charge >= 0.3 is 5.97 Å². The van der Waals surface area contributed by atoms with Crippen molar-refractivity contribution in [1.29, 1.82) is 5.26 Å². The number of anilines is 2. The van der Waals surface area contributed by atoms with E-state index in [1.807, 2.05) is 37.4 Å². The predicted octanol–water partition coefficient (Wildman–Crippen LogP) is 7.00. The number of nitrogens with one attached hydrogen (secondary N) is 1. The zero-order valence-corrected chi connectivity index (χ0v) is 31.1. The summed E-state index contributed by atoms with van der Waals surface area (Å²) in [6.07, 6.45) is 4.62. The van der Waals surface area contributed by atoms with E-state index < -0.39 is 5.97 Å². The van der Waals surface area contributed by atoms with Gasteiger partial charge in [0.25, 0.3) is 0 Å². The van der Waals surface area contributed by atoms with Gasteiger partial charge in [-0.2, -0.15) is 5.26 Å². The molecule has 3 atom stereocenters. The van der Waals surface area contributed by atoms with Crippen LogP contribution in [0.3, 0.4) is 0 Å². The first kappa shape index (κ1) is 35.0. The summed E-state index contributed by atoms with van der Waals surface area (Å²) in [6, 6.07) is 18.9. The molecule has 9 rings (SSSR count). The third-order valence-corrected chi connectivity index (χ3v) is 11.8. The minimum atomic E-state index is -0.747. The number of carboxylic acid groups (broad SMARTS) is 1. The van der Waals surface area contributed by atoms with Gasteiger partial charge in [0.1, 0.15) is 28.5 Å². The van der Waals surface area contributed by atoms with E-state index in [1.165, 1.54) is 0 Å². The molecule has 55 heavy (non-hydrogen) atoms. The molecule has 0 unspecified atom stereocenters. The quantitative estimate of drug-likeness (QED) is 0.147. The van der Waals surface area contributed by atoms with Crippen LogP contribution in [0.1, 0.15) is 64.5 Å². The maximum atomic E-state index is 11.7. The number of aromatic nitrogens is 4. The van der Waals surface area contributed by atoms with E-state index in [4.69, 9.17) is 24.4 Å². The predicted molar refractivity (Wildman–Crippen MR) is 209 cm³/mol. The van der Waals surface area contributed by atoms with Crippen molar-refractivity contribution in [2.75, 3.05) is 31.5 Å². The molecule has 3 aliphatic rings. The van der Waals surface area contributed by atoms with Crippen LogP contribution in [0.25, 0.3) is 44.7 Å². The lowest BCUT2D eigenvalue weighted by Gasteiger charge is -2.24. The number of β-amino-alcohol motifs (C(OH)–C–C–N with tert-alkyl or cyclic N) is 1.